The molecule has 4 aromatic rings. The van der Waals surface area contributed by atoms with Gasteiger partial charge in [-0.2, -0.15) is 0 Å². The number of fused-ring (bicyclic) bond motifs is 1. The first-order valence-electron chi connectivity index (χ1n) is 8.66. The van der Waals surface area contributed by atoms with Gasteiger partial charge in [0.15, 0.2) is 11.6 Å². The van der Waals surface area contributed by atoms with E-state index >= 15 is 0 Å². The van der Waals surface area contributed by atoms with Crippen LogP contribution in [0.1, 0.15) is 11.4 Å². The SMILES string of the molecule is Fc1ccccc1OCc1nc2ccccc2n1CCc1ccccc1. The number of aromatic nitrogens is 2. The number of aryl methyl sites for hydroxylation is 2. The summed E-state index contributed by atoms with van der Waals surface area (Å²) in [6, 6.07) is 24.8. The van der Waals surface area contributed by atoms with Crippen LogP contribution in [0, 0.1) is 5.82 Å². The Balaban J connectivity index is 1.60. The van der Waals surface area contributed by atoms with Gasteiger partial charge in [-0.1, -0.05) is 54.6 Å². The monoisotopic (exact) mass is 346 g/mol. The molecule has 0 saturated carbocycles. The van der Waals surface area contributed by atoms with E-state index in [1.54, 1.807) is 18.2 Å². The summed E-state index contributed by atoms with van der Waals surface area (Å²) in [5.74, 6) is 0.680. The van der Waals surface area contributed by atoms with Gasteiger partial charge in [-0.05, 0) is 36.2 Å². The number of benzene rings is 3. The molecule has 0 fully saturated rings. The van der Waals surface area contributed by atoms with Crippen LogP contribution in [0.5, 0.6) is 5.75 Å². The first-order chi connectivity index (χ1) is 12.8. The summed E-state index contributed by atoms with van der Waals surface area (Å²) in [6.45, 7) is 1.02. The molecule has 4 heteroatoms. The van der Waals surface area contributed by atoms with Crippen molar-refractivity contribution in [1.29, 1.82) is 0 Å². The van der Waals surface area contributed by atoms with E-state index < -0.39 is 0 Å². The van der Waals surface area contributed by atoms with Gasteiger partial charge in [0.05, 0.1) is 11.0 Å². The number of ether oxygens (including phenoxy) is 1. The number of hydrogen-bond acceptors (Lipinski definition) is 2. The summed E-state index contributed by atoms with van der Waals surface area (Å²) < 4.78 is 21.7. The van der Waals surface area contributed by atoms with Gasteiger partial charge >= 0.3 is 0 Å². The van der Waals surface area contributed by atoms with Crippen molar-refractivity contribution in [2.75, 3.05) is 0 Å². The largest absolute Gasteiger partial charge is 0.483 e. The molecule has 0 bridgehead atoms. The van der Waals surface area contributed by atoms with E-state index in [0.717, 1.165) is 29.8 Å². The highest BCUT2D eigenvalue weighted by Gasteiger charge is 2.12. The number of para-hydroxylation sites is 3. The van der Waals surface area contributed by atoms with Crippen molar-refractivity contribution in [3.63, 3.8) is 0 Å². The van der Waals surface area contributed by atoms with Crippen molar-refractivity contribution in [3.05, 3.63) is 96.1 Å². The van der Waals surface area contributed by atoms with Gasteiger partial charge in [-0.3, -0.25) is 0 Å². The molecular weight excluding hydrogens is 327 g/mol. The number of imidazole rings is 1. The molecule has 0 saturated heterocycles. The van der Waals surface area contributed by atoms with Crippen LogP contribution in [-0.2, 0) is 19.6 Å². The third kappa shape index (κ3) is 3.45. The highest BCUT2D eigenvalue weighted by atomic mass is 19.1. The molecule has 0 radical (unpaired) electrons. The topological polar surface area (TPSA) is 27.1 Å². The zero-order valence-electron chi connectivity index (χ0n) is 14.3. The number of hydrogen-bond donors (Lipinski definition) is 0. The molecule has 4 rings (SSSR count). The average molecular weight is 346 g/mol. The average Bonchev–Trinajstić information content (AvgIpc) is 3.04. The van der Waals surface area contributed by atoms with E-state index in [2.05, 4.69) is 27.8 Å². The van der Waals surface area contributed by atoms with Crippen molar-refractivity contribution < 1.29 is 9.13 Å². The van der Waals surface area contributed by atoms with Gasteiger partial charge in [-0.15, -0.1) is 0 Å². The minimum absolute atomic E-state index is 0.227. The van der Waals surface area contributed by atoms with Crippen LogP contribution < -0.4 is 4.74 Å². The summed E-state index contributed by atoms with van der Waals surface area (Å²) in [6.07, 6.45) is 0.897. The van der Waals surface area contributed by atoms with E-state index in [1.165, 1.54) is 11.6 Å². The normalized spacial score (nSPS) is 11.0. The Bertz CT molecular complexity index is 1010. The predicted molar refractivity (Wildman–Crippen MR) is 101 cm³/mol. The fourth-order valence-electron chi connectivity index (χ4n) is 3.07. The van der Waals surface area contributed by atoms with E-state index in [0.29, 0.717) is 0 Å². The van der Waals surface area contributed by atoms with Crippen LogP contribution >= 0.6 is 0 Å². The Hall–Kier alpha value is -3.14. The second-order valence-corrected chi connectivity index (χ2v) is 6.12. The van der Waals surface area contributed by atoms with Gasteiger partial charge < -0.3 is 9.30 Å². The third-order valence-corrected chi connectivity index (χ3v) is 4.39. The molecule has 1 aromatic heterocycles. The first kappa shape index (κ1) is 16.3. The van der Waals surface area contributed by atoms with Crippen molar-refractivity contribution in [1.82, 2.24) is 9.55 Å². The molecule has 1 heterocycles. The Morgan fingerprint density at radius 2 is 1.58 bits per heavy atom. The lowest BCUT2D eigenvalue weighted by atomic mass is 10.1. The van der Waals surface area contributed by atoms with E-state index in [9.17, 15) is 4.39 Å². The van der Waals surface area contributed by atoms with Crippen LogP contribution in [0.4, 0.5) is 4.39 Å². The second-order valence-electron chi connectivity index (χ2n) is 6.12. The smallest absolute Gasteiger partial charge is 0.165 e. The van der Waals surface area contributed by atoms with E-state index in [-0.39, 0.29) is 18.2 Å². The summed E-state index contributed by atoms with van der Waals surface area (Å²) in [4.78, 5) is 4.69. The fourth-order valence-corrected chi connectivity index (χ4v) is 3.07. The maximum absolute atomic E-state index is 13.8. The van der Waals surface area contributed by atoms with Crippen LogP contribution in [0.3, 0.4) is 0 Å². The molecule has 0 N–H and O–H groups in total. The second kappa shape index (κ2) is 7.40. The number of halogens is 1. The zero-order chi connectivity index (χ0) is 17.8. The lowest BCUT2D eigenvalue weighted by molar-refractivity contribution is 0.276. The molecule has 0 spiro atoms. The molecule has 130 valence electrons. The minimum Gasteiger partial charge on any atom is -0.483 e. The Kier molecular flexibility index (Phi) is 4.65. The Labute approximate surface area is 151 Å². The van der Waals surface area contributed by atoms with Crippen molar-refractivity contribution in [2.45, 2.75) is 19.6 Å². The van der Waals surface area contributed by atoms with Gasteiger partial charge in [0, 0.05) is 6.54 Å². The Morgan fingerprint density at radius 1 is 0.846 bits per heavy atom. The van der Waals surface area contributed by atoms with Crippen LogP contribution in [0.15, 0.2) is 78.9 Å². The molecule has 3 nitrogen and oxygen atoms in total. The van der Waals surface area contributed by atoms with Gasteiger partial charge in [0.2, 0.25) is 0 Å². The molecule has 0 atom stereocenters. The van der Waals surface area contributed by atoms with Crippen molar-refractivity contribution >= 4 is 11.0 Å². The van der Waals surface area contributed by atoms with Crippen LogP contribution in [0.25, 0.3) is 11.0 Å². The first-order valence-corrected chi connectivity index (χ1v) is 8.66. The summed E-state index contributed by atoms with van der Waals surface area (Å²) in [5.41, 5.74) is 3.26. The van der Waals surface area contributed by atoms with Gasteiger partial charge in [0.1, 0.15) is 12.4 Å². The van der Waals surface area contributed by atoms with Crippen molar-refractivity contribution in [3.8, 4) is 5.75 Å². The zero-order valence-corrected chi connectivity index (χ0v) is 14.3. The van der Waals surface area contributed by atoms with Crippen molar-refractivity contribution in [2.24, 2.45) is 0 Å². The molecule has 0 amide bonds. The van der Waals surface area contributed by atoms with E-state index in [1.807, 2.05) is 36.4 Å². The number of rotatable bonds is 6. The molecule has 3 aromatic carbocycles. The minimum atomic E-state index is -0.362. The molecule has 0 aliphatic heterocycles. The summed E-state index contributed by atoms with van der Waals surface area (Å²) in [7, 11) is 0. The predicted octanol–water partition coefficient (Wildman–Crippen LogP) is 5.00. The quantitative estimate of drug-likeness (QED) is 0.491. The lowest BCUT2D eigenvalue weighted by Gasteiger charge is -2.11. The standard InChI is InChI=1S/C22H19FN2O/c23-18-10-4-7-13-21(18)26-16-22-24-19-11-5-6-12-20(19)25(22)15-14-17-8-2-1-3-9-17/h1-13H,14-16H2. The highest BCUT2D eigenvalue weighted by Crippen LogP contribution is 2.20. The number of nitrogens with zero attached hydrogens (tertiary/aromatic N) is 2. The summed E-state index contributed by atoms with van der Waals surface area (Å²) in [5, 5.41) is 0. The fraction of sp³-hybridized carbons (Fsp3) is 0.136. The van der Waals surface area contributed by atoms with Gasteiger partial charge in [-0.25, -0.2) is 9.37 Å². The Morgan fingerprint density at radius 3 is 2.42 bits per heavy atom. The molecule has 0 aliphatic carbocycles. The highest BCUT2D eigenvalue weighted by molar-refractivity contribution is 5.75. The molecule has 26 heavy (non-hydrogen) atoms. The van der Waals surface area contributed by atoms with Gasteiger partial charge in [0.25, 0.3) is 0 Å². The van der Waals surface area contributed by atoms with E-state index in [4.69, 9.17) is 4.74 Å². The maximum atomic E-state index is 13.8. The third-order valence-electron chi connectivity index (χ3n) is 4.39. The van der Waals surface area contributed by atoms with Crippen LogP contribution in [0.2, 0.25) is 0 Å². The maximum Gasteiger partial charge on any atom is 0.165 e. The van der Waals surface area contributed by atoms with Crippen LogP contribution in [-0.4, -0.2) is 9.55 Å². The molecule has 0 unspecified atom stereocenters. The molecule has 0 aliphatic rings. The summed E-state index contributed by atoms with van der Waals surface area (Å²) >= 11 is 0. The molecular formula is C22H19FN2O. The lowest BCUT2D eigenvalue weighted by Crippen LogP contribution is -2.09.